The smallest absolute Gasteiger partial charge is 0.323 e. The highest BCUT2D eigenvalue weighted by atomic mass is 35.5. The quantitative estimate of drug-likeness (QED) is 0.382. The highest BCUT2D eigenvalue weighted by Gasteiger charge is 2.27. The Hall–Kier alpha value is -1.64. The minimum Gasteiger partial charge on any atom is -0.480 e. The lowest BCUT2D eigenvalue weighted by Gasteiger charge is -2.40. The number of aliphatic carboxylic acids is 1. The van der Waals surface area contributed by atoms with Crippen molar-refractivity contribution in [2.24, 2.45) is 0 Å². The zero-order valence-corrected chi connectivity index (χ0v) is 20.8. The average molecular weight is 485 g/mol. The van der Waals surface area contributed by atoms with Crippen LogP contribution in [0.25, 0.3) is 0 Å². The number of aromatic nitrogens is 2. The van der Waals surface area contributed by atoms with Crippen molar-refractivity contribution in [3.8, 4) is 0 Å². The van der Waals surface area contributed by atoms with Gasteiger partial charge in [-0.15, -0.1) is 11.6 Å². The first-order chi connectivity index (χ1) is 16.0. The Morgan fingerprint density at radius 1 is 1.12 bits per heavy atom. The molecular weight excluding hydrogens is 444 g/mol. The second kappa shape index (κ2) is 16.1. The van der Waals surface area contributed by atoms with E-state index in [1.165, 1.54) is 32.1 Å². The summed E-state index contributed by atoms with van der Waals surface area (Å²) in [5, 5.41) is 8.89. The van der Waals surface area contributed by atoms with Gasteiger partial charge in [0.05, 0.1) is 13.2 Å². The van der Waals surface area contributed by atoms with Crippen LogP contribution in [-0.2, 0) is 27.3 Å². The summed E-state index contributed by atoms with van der Waals surface area (Å²) in [5.41, 5.74) is 0. The summed E-state index contributed by atoms with van der Waals surface area (Å²) < 4.78 is 6.98. The van der Waals surface area contributed by atoms with E-state index in [9.17, 15) is 9.59 Å². The van der Waals surface area contributed by atoms with Gasteiger partial charge in [-0.25, -0.2) is 4.98 Å². The van der Waals surface area contributed by atoms with Gasteiger partial charge in [0.2, 0.25) is 5.91 Å². The fourth-order valence-electron chi connectivity index (χ4n) is 4.36. The first-order valence-electron chi connectivity index (χ1n) is 12.4. The maximum atomic E-state index is 12.4. The fraction of sp³-hybridized carbons (Fsp3) is 0.792. The number of imidazole rings is 1. The standard InChI is InChI=1S/C17H26N4O4.C7H15Cl/c22-16(2-1-15-18-5-8-21(15)13-17(23)24)20-6-3-14(4-7-20)19-9-11-25-12-10-19;1-2-3-4-5-6-7-8/h5,8,14H,1-4,6-7,9-13H2,(H,23,24);2-7H2,1H3. The van der Waals surface area contributed by atoms with Crippen molar-refractivity contribution >= 4 is 23.5 Å². The number of aryl methyl sites for hydroxylation is 1. The average Bonchev–Trinajstić information content (AvgIpc) is 3.27. The maximum Gasteiger partial charge on any atom is 0.323 e. The molecule has 0 radical (unpaired) electrons. The molecule has 0 atom stereocenters. The zero-order valence-electron chi connectivity index (χ0n) is 20.1. The molecular formula is C24H41ClN4O4. The molecule has 1 amide bonds. The van der Waals surface area contributed by atoms with Gasteiger partial charge in [-0.3, -0.25) is 14.5 Å². The molecule has 3 rings (SSSR count). The van der Waals surface area contributed by atoms with Crippen LogP contribution in [0.15, 0.2) is 12.4 Å². The normalized spacial score (nSPS) is 17.5. The summed E-state index contributed by atoms with van der Waals surface area (Å²) in [6.07, 6.45) is 12.7. The summed E-state index contributed by atoms with van der Waals surface area (Å²) in [5.74, 6) is 0.712. The number of hydrogen-bond donors (Lipinski definition) is 1. The van der Waals surface area contributed by atoms with Crippen LogP contribution in [-0.4, -0.2) is 87.6 Å². The number of piperidine rings is 1. The third-order valence-corrected chi connectivity index (χ3v) is 6.55. The fourth-order valence-corrected chi connectivity index (χ4v) is 4.54. The summed E-state index contributed by atoms with van der Waals surface area (Å²) >= 11 is 5.48. The zero-order chi connectivity index (χ0) is 23.9. The number of carbonyl (C=O) groups is 2. The van der Waals surface area contributed by atoms with Crippen LogP contribution in [0.2, 0.25) is 0 Å². The molecule has 33 heavy (non-hydrogen) atoms. The van der Waals surface area contributed by atoms with Crippen LogP contribution in [0.1, 0.15) is 64.1 Å². The number of ether oxygens (including phenoxy) is 1. The molecule has 2 fully saturated rings. The van der Waals surface area contributed by atoms with Gasteiger partial charge in [-0.1, -0.05) is 32.6 Å². The van der Waals surface area contributed by atoms with E-state index in [1.807, 2.05) is 4.90 Å². The second-order valence-corrected chi connectivity index (χ2v) is 9.11. The van der Waals surface area contributed by atoms with E-state index < -0.39 is 5.97 Å². The lowest BCUT2D eigenvalue weighted by atomic mass is 10.0. The van der Waals surface area contributed by atoms with Crippen LogP contribution in [0.4, 0.5) is 0 Å². The lowest BCUT2D eigenvalue weighted by molar-refractivity contribution is -0.137. The number of halogens is 1. The van der Waals surface area contributed by atoms with Crippen molar-refractivity contribution in [2.75, 3.05) is 45.3 Å². The number of amides is 1. The molecule has 0 unspecified atom stereocenters. The Morgan fingerprint density at radius 3 is 2.45 bits per heavy atom. The number of carboxylic acid groups (broad SMARTS) is 1. The highest BCUT2D eigenvalue weighted by molar-refractivity contribution is 6.17. The molecule has 2 aliphatic heterocycles. The van der Waals surface area contributed by atoms with Crippen molar-refractivity contribution < 1.29 is 19.4 Å². The van der Waals surface area contributed by atoms with Gasteiger partial charge in [0.15, 0.2) is 0 Å². The van der Waals surface area contributed by atoms with E-state index in [-0.39, 0.29) is 12.5 Å². The number of morpholine rings is 1. The first-order valence-corrected chi connectivity index (χ1v) is 13.0. The number of nitrogens with zero attached hydrogens (tertiary/aromatic N) is 4. The molecule has 0 spiro atoms. The molecule has 0 aliphatic carbocycles. The van der Waals surface area contributed by atoms with Crippen molar-refractivity contribution in [1.82, 2.24) is 19.4 Å². The van der Waals surface area contributed by atoms with Gasteiger partial charge in [-0.2, -0.15) is 0 Å². The SMILES string of the molecule is CCCCCCCCl.O=C(O)Cn1ccnc1CCC(=O)N1CCC(N2CCOCC2)CC1. The number of carbonyl (C=O) groups excluding carboxylic acids is 1. The molecule has 0 aromatic carbocycles. The minimum absolute atomic E-state index is 0.117. The highest BCUT2D eigenvalue weighted by Crippen LogP contribution is 2.18. The number of unbranched alkanes of at least 4 members (excludes halogenated alkanes) is 4. The van der Waals surface area contributed by atoms with Crippen LogP contribution in [0, 0.1) is 0 Å². The largest absolute Gasteiger partial charge is 0.480 e. The molecule has 0 bridgehead atoms. The Bertz CT molecular complexity index is 680. The van der Waals surface area contributed by atoms with Crippen molar-refractivity contribution in [3.05, 3.63) is 18.2 Å². The molecule has 0 saturated carbocycles. The third-order valence-electron chi connectivity index (χ3n) is 6.29. The molecule has 8 nitrogen and oxygen atoms in total. The van der Waals surface area contributed by atoms with Crippen LogP contribution >= 0.6 is 11.6 Å². The van der Waals surface area contributed by atoms with Gasteiger partial charge < -0.3 is 19.3 Å². The van der Waals surface area contributed by atoms with Crippen LogP contribution in [0.3, 0.4) is 0 Å². The van der Waals surface area contributed by atoms with Crippen molar-refractivity contribution in [1.29, 1.82) is 0 Å². The van der Waals surface area contributed by atoms with Gasteiger partial charge in [0, 0.05) is 63.3 Å². The van der Waals surface area contributed by atoms with Crippen LogP contribution in [0.5, 0.6) is 0 Å². The number of carboxylic acids is 1. The lowest BCUT2D eigenvalue weighted by Crippen LogP contribution is -2.50. The Labute approximate surface area is 203 Å². The van der Waals surface area contributed by atoms with E-state index >= 15 is 0 Å². The molecule has 188 valence electrons. The van der Waals surface area contributed by atoms with Gasteiger partial charge in [0.25, 0.3) is 0 Å². The summed E-state index contributed by atoms with van der Waals surface area (Å²) in [6, 6.07) is 0.558. The van der Waals surface area contributed by atoms with Gasteiger partial charge in [-0.05, 0) is 19.3 Å². The summed E-state index contributed by atoms with van der Waals surface area (Å²) in [7, 11) is 0. The summed E-state index contributed by atoms with van der Waals surface area (Å²) in [4.78, 5) is 31.9. The van der Waals surface area contributed by atoms with E-state index in [2.05, 4.69) is 16.8 Å². The molecule has 2 saturated heterocycles. The number of rotatable bonds is 11. The van der Waals surface area contributed by atoms with Gasteiger partial charge in [0.1, 0.15) is 12.4 Å². The Morgan fingerprint density at radius 2 is 1.82 bits per heavy atom. The predicted molar refractivity (Wildman–Crippen MR) is 130 cm³/mol. The predicted octanol–water partition coefficient (Wildman–Crippen LogP) is 3.42. The molecule has 9 heteroatoms. The maximum absolute atomic E-state index is 12.4. The Balaban J connectivity index is 0.000000414. The summed E-state index contributed by atoms with van der Waals surface area (Å²) in [6.45, 7) is 7.30. The third kappa shape index (κ3) is 10.4. The second-order valence-electron chi connectivity index (χ2n) is 8.73. The molecule has 1 aromatic heterocycles. The van der Waals surface area contributed by atoms with E-state index in [1.54, 1.807) is 17.0 Å². The molecule has 2 aliphatic rings. The van der Waals surface area contributed by atoms with E-state index in [0.29, 0.717) is 24.7 Å². The molecule has 3 heterocycles. The van der Waals surface area contributed by atoms with Crippen molar-refractivity contribution in [3.63, 3.8) is 0 Å². The molecule has 1 N–H and O–H groups in total. The Kier molecular flexibility index (Phi) is 13.4. The van der Waals surface area contributed by atoms with E-state index in [4.69, 9.17) is 21.4 Å². The number of hydrogen-bond acceptors (Lipinski definition) is 5. The topological polar surface area (TPSA) is 87.9 Å². The number of likely N-dealkylation sites (tertiary alicyclic amines) is 1. The van der Waals surface area contributed by atoms with Crippen molar-refractivity contribution in [2.45, 2.75) is 77.3 Å². The van der Waals surface area contributed by atoms with E-state index in [0.717, 1.165) is 58.1 Å². The van der Waals surface area contributed by atoms with Crippen LogP contribution < -0.4 is 0 Å². The first kappa shape index (κ1) is 27.6. The molecule has 1 aromatic rings. The van der Waals surface area contributed by atoms with Gasteiger partial charge >= 0.3 is 5.97 Å². The number of alkyl halides is 1. The monoisotopic (exact) mass is 484 g/mol. The minimum atomic E-state index is -0.907.